The highest BCUT2D eigenvalue weighted by Crippen LogP contribution is 2.34. The Kier molecular flexibility index (Phi) is 6.01. The molecule has 1 aliphatic rings. The highest BCUT2D eigenvalue weighted by molar-refractivity contribution is 6.22. The summed E-state index contributed by atoms with van der Waals surface area (Å²) in [5.41, 5.74) is -0.606. The first-order valence-corrected chi connectivity index (χ1v) is 9.19. The van der Waals surface area contributed by atoms with Gasteiger partial charge in [-0.05, 0) is 48.4 Å². The molecule has 160 valence electrons. The maximum absolute atomic E-state index is 13.2. The number of halogens is 3. The molecule has 2 aromatic rings. The van der Waals surface area contributed by atoms with Gasteiger partial charge in [0.1, 0.15) is 0 Å². The fraction of sp³-hybridized carbons (Fsp3) is 0.421. The third-order valence-corrected chi connectivity index (χ3v) is 5.06. The van der Waals surface area contributed by atoms with E-state index in [1.807, 2.05) is 0 Å². The molecule has 0 bridgehead atoms. The number of piperidine rings is 1. The molecule has 2 unspecified atom stereocenters. The van der Waals surface area contributed by atoms with Crippen molar-refractivity contribution in [2.24, 2.45) is 11.8 Å². The van der Waals surface area contributed by atoms with Gasteiger partial charge in [0.05, 0.1) is 18.0 Å². The zero-order valence-electron chi connectivity index (χ0n) is 16.1. The quantitative estimate of drug-likeness (QED) is 0.684. The third kappa shape index (κ3) is 4.56. The summed E-state index contributed by atoms with van der Waals surface area (Å²) in [6.07, 6.45) is -4.30. The summed E-state index contributed by atoms with van der Waals surface area (Å²) in [4.78, 5) is 25.7. The predicted octanol–water partition coefficient (Wildman–Crippen LogP) is 1.94. The van der Waals surface area contributed by atoms with Crippen molar-refractivity contribution in [1.29, 1.82) is 0 Å². The molecular weight excluding hydrogens is 403 g/mol. The summed E-state index contributed by atoms with van der Waals surface area (Å²) >= 11 is 0. The standard InChI is InChI=1S/C19H20F3N5O3/c1-10(17(28)16-8-23-6-5-15(16)18(29)30)14-4-3-13(19(20,21)22)7-12(14)9-27-25-11(2)24-26-27/h3-4,7,15-16,23H,1,5-6,8-9H2,2H3,(H,29,30). The molecule has 1 aliphatic heterocycles. The highest BCUT2D eigenvalue weighted by atomic mass is 19.4. The number of carboxylic acids is 1. The van der Waals surface area contributed by atoms with Crippen LogP contribution in [0.5, 0.6) is 0 Å². The van der Waals surface area contributed by atoms with Crippen molar-refractivity contribution >= 4 is 17.3 Å². The van der Waals surface area contributed by atoms with Gasteiger partial charge in [-0.1, -0.05) is 12.6 Å². The van der Waals surface area contributed by atoms with Crippen molar-refractivity contribution < 1.29 is 27.9 Å². The number of aliphatic carboxylic acids is 1. The number of aromatic nitrogens is 4. The van der Waals surface area contributed by atoms with E-state index in [-0.39, 0.29) is 36.2 Å². The lowest BCUT2D eigenvalue weighted by atomic mass is 9.79. The third-order valence-electron chi connectivity index (χ3n) is 5.06. The van der Waals surface area contributed by atoms with Gasteiger partial charge in [0, 0.05) is 18.0 Å². The summed E-state index contributed by atoms with van der Waals surface area (Å²) in [7, 11) is 0. The second-order valence-corrected chi connectivity index (χ2v) is 7.12. The average molecular weight is 423 g/mol. The molecule has 1 aromatic carbocycles. The summed E-state index contributed by atoms with van der Waals surface area (Å²) in [6.45, 7) is 5.83. The zero-order chi connectivity index (χ0) is 22.1. The van der Waals surface area contributed by atoms with Gasteiger partial charge in [-0.15, -0.1) is 10.2 Å². The fourth-order valence-electron chi connectivity index (χ4n) is 3.52. The van der Waals surface area contributed by atoms with Gasteiger partial charge in [-0.3, -0.25) is 9.59 Å². The Bertz CT molecular complexity index is 986. The lowest BCUT2D eigenvalue weighted by Crippen LogP contribution is -2.44. The van der Waals surface area contributed by atoms with E-state index < -0.39 is 35.3 Å². The van der Waals surface area contributed by atoms with Crippen LogP contribution in [-0.2, 0) is 22.3 Å². The Morgan fingerprint density at radius 1 is 1.33 bits per heavy atom. The first-order valence-electron chi connectivity index (χ1n) is 9.19. The second kappa shape index (κ2) is 8.34. The normalized spacial score (nSPS) is 19.5. The monoisotopic (exact) mass is 423 g/mol. The fourth-order valence-corrected chi connectivity index (χ4v) is 3.52. The van der Waals surface area contributed by atoms with Crippen LogP contribution in [0.1, 0.15) is 28.9 Å². The maximum Gasteiger partial charge on any atom is 0.416 e. The van der Waals surface area contributed by atoms with E-state index in [0.717, 1.165) is 16.9 Å². The molecule has 0 aliphatic carbocycles. The van der Waals surface area contributed by atoms with Gasteiger partial charge in [0.25, 0.3) is 0 Å². The van der Waals surface area contributed by atoms with Crippen LogP contribution in [0.2, 0.25) is 0 Å². The number of Topliss-reactive ketones (excluding diaryl/α,β-unsaturated/α-hetero) is 1. The number of nitrogens with zero attached hydrogens (tertiary/aromatic N) is 4. The van der Waals surface area contributed by atoms with Crippen LogP contribution in [-0.4, -0.2) is 50.2 Å². The maximum atomic E-state index is 13.2. The van der Waals surface area contributed by atoms with Crippen LogP contribution in [0.15, 0.2) is 24.8 Å². The lowest BCUT2D eigenvalue weighted by molar-refractivity contribution is -0.146. The summed E-state index contributed by atoms with van der Waals surface area (Å²) < 4.78 is 39.7. The minimum Gasteiger partial charge on any atom is -0.481 e. The topological polar surface area (TPSA) is 110 Å². The van der Waals surface area contributed by atoms with E-state index in [9.17, 15) is 27.9 Å². The number of ketones is 1. The highest BCUT2D eigenvalue weighted by Gasteiger charge is 2.37. The van der Waals surface area contributed by atoms with Crippen LogP contribution in [0.3, 0.4) is 0 Å². The van der Waals surface area contributed by atoms with E-state index in [1.54, 1.807) is 6.92 Å². The number of carbonyl (C=O) groups is 2. The molecule has 8 nitrogen and oxygen atoms in total. The number of allylic oxidation sites excluding steroid dienone is 1. The van der Waals surface area contributed by atoms with Crippen LogP contribution in [0.4, 0.5) is 13.2 Å². The van der Waals surface area contributed by atoms with Gasteiger partial charge in [0.2, 0.25) is 0 Å². The van der Waals surface area contributed by atoms with Gasteiger partial charge in [-0.25, -0.2) is 0 Å². The number of alkyl halides is 3. The summed E-state index contributed by atoms with van der Waals surface area (Å²) in [6, 6.07) is 2.96. The van der Waals surface area contributed by atoms with E-state index in [2.05, 4.69) is 27.3 Å². The molecule has 0 spiro atoms. The Morgan fingerprint density at radius 3 is 2.67 bits per heavy atom. The second-order valence-electron chi connectivity index (χ2n) is 7.12. The number of rotatable bonds is 6. The number of carboxylic acid groups (broad SMARTS) is 1. The molecule has 1 fully saturated rings. The molecule has 30 heavy (non-hydrogen) atoms. The van der Waals surface area contributed by atoms with E-state index in [4.69, 9.17) is 0 Å². The van der Waals surface area contributed by atoms with Crippen molar-refractivity contribution in [3.63, 3.8) is 0 Å². The summed E-state index contributed by atoms with van der Waals surface area (Å²) in [5, 5.41) is 23.9. The zero-order valence-corrected chi connectivity index (χ0v) is 16.1. The van der Waals surface area contributed by atoms with Crippen molar-refractivity contribution in [2.45, 2.75) is 26.1 Å². The van der Waals surface area contributed by atoms with E-state index in [1.165, 1.54) is 6.07 Å². The lowest BCUT2D eigenvalue weighted by Gasteiger charge is -2.29. The molecule has 2 N–H and O–H groups in total. The molecule has 0 amide bonds. The Morgan fingerprint density at radius 2 is 2.07 bits per heavy atom. The van der Waals surface area contributed by atoms with Crippen LogP contribution < -0.4 is 5.32 Å². The molecule has 3 rings (SSSR count). The Balaban J connectivity index is 1.97. The number of carbonyl (C=O) groups excluding carboxylic acids is 1. The number of aryl methyl sites for hydroxylation is 1. The van der Waals surface area contributed by atoms with Crippen LogP contribution >= 0.6 is 0 Å². The van der Waals surface area contributed by atoms with Gasteiger partial charge >= 0.3 is 12.1 Å². The summed E-state index contributed by atoms with van der Waals surface area (Å²) in [5.74, 6) is -2.99. The Hall–Kier alpha value is -3.08. The predicted molar refractivity (Wildman–Crippen MR) is 99.2 cm³/mol. The van der Waals surface area contributed by atoms with Crippen molar-refractivity contribution in [1.82, 2.24) is 25.5 Å². The SMILES string of the molecule is C=C(C(=O)C1CNCCC1C(=O)O)c1ccc(C(F)(F)F)cc1Cn1nnc(C)n1. The smallest absolute Gasteiger partial charge is 0.416 e. The Labute approximate surface area is 169 Å². The van der Waals surface area contributed by atoms with Gasteiger partial charge in [0.15, 0.2) is 11.6 Å². The molecule has 0 radical (unpaired) electrons. The van der Waals surface area contributed by atoms with Crippen LogP contribution in [0, 0.1) is 18.8 Å². The number of tetrazole rings is 1. The molecule has 2 heterocycles. The number of nitrogens with one attached hydrogen (secondary N) is 1. The molecule has 0 saturated carbocycles. The van der Waals surface area contributed by atoms with Crippen molar-refractivity contribution in [3.8, 4) is 0 Å². The minimum absolute atomic E-state index is 0.0458. The van der Waals surface area contributed by atoms with E-state index in [0.29, 0.717) is 12.4 Å². The minimum atomic E-state index is -4.58. The number of hydrogen-bond donors (Lipinski definition) is 2. The van der Waals surface area contributed by atoms with E-state index >= 15 is 0 Å². The number of benzene rings is 1. The molecule has 11 heteroatoms. The van der Waals surface area contributed by atoms with Crippen molar-refractivity contribution in [3.05, 3.63) is 47.3 Å². The first kappa shape index (κ1) is 21.6. The van der Waals surface area contributed by atoms with Gasteiger partial charge < -0.3 is 10.4 Å². The largest absolute Gasteiger partial charge is 0.481 e. The average Bonchev–Trinajstić information content (AvgIpc) is 3.10. The van der Waals surface area contributed by atoms with Crippen LogP contribution in [0.25, 0.3) is 5.57 Å². The molecule has 2 atom stereocenters. The number of hydrogen-bond acceptors (Lipinski definition) is 6. The van der Waals surface area contributed by atoms with Crippen molar-refractivity contribution in [2.75, 3.05) is 13.1 Å². The molecule has 1 saturated heterocycles. The molecule has 1 aromatic heterocycles. The molecular formula is C19H20F3N5O3. The van der Waals surface area contributed by atoms with Gasteiger partial charge in [-0.2, -0.15) is 18.0 Å². The first-order chi connectivity index (χ1) is 14.1.